The van der Waals surface area contributed by atoms with Gasteiger partial charge in [0.05, 0.1) is 0 Å². The topological polar surface area (TPSA) is 12.0 Å². The summed E-state index contributed by atoms with van der Waals surface area (Å²) in [6, 6.07) is 7.09. The molecule has 1 aromatic carbocycles. The zero-order valence-corrected chi connectivity index (χ0v) is 12.8. The van der Waals surface area contributed by atoms with E-state index in [4.69, 9.17) is 0 Å². The lowest BCUT2D eigenvalue weighted by Crippen LogP contribution is -2.22. The molecule has 1 nitrogen and oxygen atoms in total. The number of hydrogen-bond acceptors (Lipinski definition) is 1. The first kappa shape index (κ1) is 14.7. The lowest BCUT2D eigenvalue weighted by atomic mass is 9.97. The van der Waals surface area contributed by atoms with Gasteiger partial charge in [-0.05, 0) is 49.6 Å². The fourth-order valence-electron chi connectivity index (χ4n) is 2.08. The molecular weight excluding hydrogens is 274 g/mol. The molecule has 0 spiro atoms. The Morgan fingerprint density at radius 2 is 2.00 bits per heavy atom. The molecule has 1 rings (SSSR count). The molecule has 0 saturated carbocycles. The van der Waals surface area contributed by atoms with Crippen molar-refractivity contribution >= 4 is 15.9 Å². The fraction of sp³-hybridized carbons (Fsp3) is 0.600. The first-order valence-electron chi connectivity index (χ1n) is 6.68. The minimum absolute atomic E-state index is 0.507. The van der Waals surface area contributed by atoms with Gasteiger partial charge in [-0.25, -0.2) is 0 Å². The van der Waals surface area contributed by atoms with Crippen LogP contribution in [0.2, 0.25) is 0 Å². The van der Waals surface area contributed by atoms with Gasteiger partial charge < -0.3 is 5.32 Å². The third-order valence-electron chi connectivity index (χ3n) is 3.10. The molecule has 17 heavy (non-hydrogen) atoms. The van der Waals surface area contributed by atoms with Crippen LogP contribution in [0.1, 0.15) is 56.7 Å². The van der Waals surface area contributed by atoms with Crippen LogP contribution < -0.4 is 5.32 Å². The van der Waals surface area contributed by atoms with Crippen LogP contribution in [0.4, 0.5) is 0 Å². The van der Waals surface area contributed by atoms with Gasteiger partial charge in [0.25, 0.3) is 0 Å². The van der Waals surface area contributed by atoms with Gasteiger partial charge in [0.1, 0.15) is 0 Å². The number of rotatable bonds is 7. The highest BCUT2D eigenvalue weighted by Crippen LogP contribution is 2.26. The molecule has 0 radical (unpaired) electrons. The van der Waals surface area contributed by atoms with Crippen LogP contribution >= 0.6 is 15.9 Å². The second-order valence-corrected chi connectivity index (χ2v) is 5.57. The minimum Gasteiger partial charge on any atom is -0.310 e. The number of aryl methyl sites for hydroxylation is 1. The SMILES string of the molecule is CCCCC(NCCC)c1cc(Br)ccc1C. The van der Waals surface area contributed by atoms with Crippen LogP contribution in [0.3, 0.4) is 0 Å². The Labute approximate surface area is 114 Å². The maximum atomic E-state index is 3.67. The van der Waals surface area contributed by atoms with E-state index in [-0.39, 0.29) is 0 Å². The van der Waals surface area contributed by atoms with Gasteiger partial charge in [-0.3, -0.25) is 0 Å². The van der Waals surface area contributed by atoms with E-state index in [2.05, 4.69) is 60.2 Å². The quantitative estimate of drug-likeness (QED) is 0.748. The Hall–Kier alpha value is -0.340. The van der Waals surface area contributed by atoms with Crippen LogP contribution in [0, 0.1) is 6.92 Å². The van der Waals surface area contributed by atoms with E-state index in [0.29, 0.717) is 6.04 Å². The zero-order chi connectivity index (χ0) is 12.7. The average molecular weight is 298 g/mol. The highest BCUT2D eigenvalue weighted by molar-refractivity contribution is 9.10. The third kappa shape index (κ3) is 4.81. The molecule has 0 aromatic heterocycles. The standard InChI is InChI=1S/C15H24BrN/c1-4-6-7-15(17-10-5-2)14-11-13(16)9-8-12(14)3/h8-9,11,15,17H,4-7,10H2,1-3H3. The van der Waals surface area contributed by atoms with Gasteiger partial charge in [-0.2, -0.15) is 0 Å². The second-order valence-electron chi connectivity index (χ2n) is 4.65. The predicted molar refractivity (Wildman–Crippen MR) is 79.4 cm³/mol. The summed E-state index contributed by atoms with van der Waals surface area (Å²) in [4.78, 5) is 0. The van der Waals surface area contributed by atoms with Crippen LogP contribution in [-0.2, 0) is 0 Å². The molecule has 1 unspecified atom stereocenters. The first-order valence-corrected chi connectivity index (χ1v) is 7.47. The summed E-state index contributed by atoms with van der Waals surface area (Å²) in [6.45, 7) is 7.77. The smallest absolute Gasteiger partial charge is 0.0323 e. The Bertz CT molecular complexity index is 328. The van der Waals surface area contributed by atoms with Gasteiger partial charge in [-0.15, -0.1) is 0 Å². The molecule has 0 amide bonds. The maximum Gasteiger partial charge on any atom is 0.0323 e. The number of unbranched alkanes of at least 4 members (excludes halogenated alkanes) is 1. The zero-order valence-electron chi connectivity index (χ0n) is 11.2. The largest absolute Gasteiger partial charge is 0.310 e. The van der Waals surface area contributed by atoms with Crippen molar-refractivity contribution in [3.05, 3.63) is 33.8 Å². The molecule has 1 atom stereocenters. The predicted octanol–water partition coefficient (Wildman–Crippen LogP) is 4.99. The van der Waals surface area contributed by atoms with Crippen molar-refractivity contribution in [2.24, 2.45) is 0 Å². The van der Waals surface area contributed by atoms with E-state index in [1.807, 2.05) is 0 Å². The Morgan fingerprint density at radius 1 is 1.24 bits per heavy atom. The second kappa shape index (κ2) is 7.88. The molecule has 0 heterocycles. The van der Waals surface area contributed by atoms with Crippen molar-refractivity contribution < 1.29 is 0 Å². The molecule has 1 aromatic rings. The fourth-order valence-corrected chi connectivity index (χ4v) is 2.46. The number of benzene rings is 1. The normalized spacial score (nSPS) is 12.7. The molecule has 0 saturated heterocycles. The molecule has 0 bridgehead atoms. The van der Waals surface area contributed by atoms with E-state index in [0.717, 1.165) is 6.54 Å². The molecule has 0 fully saturated rings. The van der Waals surface area contributed by atoms with Crippen molar-refractivity contribution in [3.63, 3.8) is 0 Å². The summed E-state index contributed by atoms with van der Waals surface area (Å²) in [7, 11) is 0. The lowest BCUT2D eigenvalue weighted by Gasteiger charge is -2.21. The van der Waals surface area contributed by atoms with Gasteiger partial charge in [0.15, 0.2) is 0 Å². The highest BCUT2D eigenvalue weighted by Gasteiger charge is 2.12. The maximum absolute atomic E-state index is 3.67. The van der Waals surface area contributed by atoms with Gasteiger partial charge in [0.2, 0.25) is 0 Å². The van der Waals surface area contributed by atoms with Crippen molar-refractivity contribution in [2.75, 3.05) is 6.54 Å². The van der Waals surface area contributed by atoms with E-state index in [1.54, 1.807) is 0 Å². The molecule has 96 valence electrons. The van der Waals surface area contributed by atoms with E-state index in [9.17, 15) is 0 Å². The van der Waals surface area contributed by atoms with Crippen molar-refractivity contribution in [1.82, 2.24) is 5.32 Å². The lowest BCUT2D eigenvalue weighted by molar-refractivity contribution is 0.479. The number of hydrogen-bond donors (Lipinski definition) is 1. The summed E-state index contributed by atoms with van der Waals surface area (Å²) in [5.41, 5.74) is 2.83. The van der Waals surface area contributed by atoms with Crippen LogP contribution in [0.25, 0.3) is 0 Å². The third-order valence-corrected chi connectivity index (χ3v) is 3.60. The minimum atomic E-state index is 0.507. The monoisotopic (exact) mass is 297 g/mol. The molecular formula is C15H24BrN. The van der Waals surface area contributed by atoms with Gasteiger partial charge >= 0.3 is 0 Å². The Balaban J connectivity index is 2.82. The summed E-state index contributed by atoms with van der Waals surface area (Å²) in [5.74, 6) is 0. The van der Waals surface area contributed by atoms with Crippen molar-refractivity contribution in [3.8, 4) is 0 Å². The molecule has 0 aliphatic heterocycles. The highest BCUT2D eigenvalue weighted by atomic mass is 79.9. The Kier molecular flexibility index (Phi) is 6.83. The number of nitrogens with one attached hydrogen (secondary N) is 1. The molecule has 1 N–H and O–H groups in total. The van der Waals surface area contributed by atoms with Crippen LogP contribution in [-0.4, -0.2) is 6.54 Å². The van der Waals surface area contributed by atoms with Crippen molar-refractivity contribution in [1.29, 1.82) is 0 Å². The van der Waals surface area contributed by atoms with E-state index >= 15 is 0 Å². The molecule has 0 aliphatic rings. The van der Waals surface area contributed by atoms with Gasteiger partial charge in [-0.1, -0.05) is 48.7 Å². The molecule has 2 heteroatoms. The Morgan fingerprint density at radius 3 is 2.65 bits per heavy atom. The van der Waals surface area contributed by atoms with Crippen LogP contribution in [0.15, 0.2) is 22.7 Å². The van der Waals surface area contributed by atoms with Gasteiger partial charge in [0, 0.05) is 10.5 Å². The summed E-state index contributed by atoms with van der Waals surface area (Å²) in [5, 5.41) is 3.67. The van der Waals surface area contributed by atoms with E-state index < -0.39 is 0 Å². The van der Waals surface area contributed by atoms with E-state index in [1.165, 1.54) is 41.3 Å². The number of halogens is 1. The van der Waals surface area contributed by atoms with Crippen LogP contribution in [0.5, 0.6) is 0 Å². The summed E-state index contributed by atoms with van der Waals surface area (Å²) >= 11 is 3.57. The summed E-state index contributed by atoms with van der Waals surface area (Å²) in [6.07, 6.45) is 4.97. The first-order chi connectivity index (χ1) is 8.19. The van der Waals surface area contributed by atoms with Crippen molar-refractivity contribution in [2.45, 2.75) is 52.5 Å². The molecule has 0 aliphatic carbocycles. The summed E-state index contributed by atoms with van der Waals surface area (Å²) < 4.78 is 1.18. The average Bonchev–Trinajstić information content (AvgIpc) is 2.33.